The first kappa shape index (κ1) is 21.2. The van der Waals surface area contributed by atoms with E-state index in [2.05, 4.69) is 9.88 Å². The summed E-state index contributed by atoms with van der Waals surface area (Å²) in [5.41, 5.74) is 6.70. The van der Waals surface area contributed by atoms with Gasteiger partial charge in [0.2, 0.25) is 0 Å². The molecule has 1 aromatic heterocycles. The van der Waals surface area contributed by atoms with E-state index in [0.29, 0.717) is 0 Å². The van der Waals surface area contributed by atoms with Gasteiger partial charge in [-0.05, 0) is 12.8 Å². The van der Waals surface area contributed by atoms with Crippen molar-refractivity contribution in [2.75, 3.05) is 24.7 Å². The maximum absolute atomic E-state index is 10.2. The molecule has 26 heavy (non-hydrogen) atoms. The number of hydrogen-bond acceptors (Lipinski definition) is 7. The molecule has 0 fully saturated rings. The molecule has 0 bridgehead atoms. The number of anilines is 2. The van der Waals surface area contributed by atoms with E-state index in [9.17, 15) is 19.5 Å². The molecular weight excluding hydrogens is 346 g/mol. The van der Waals surface area contributed by atoms with Crippen LogP contribution in [0.2, 0.25) is 0 Å². The molecule has 1 aliphatic carbocycles. The lowest BCUT2D eigenvalue weighted by Crippen LogP contribution is -2.51. The van der Waals surface area contributed by atoms with E-state index >= 15 is 0 Å². The highest BCUT2D eigenvalue weighted by molar-refractivity contribution is 5.86. The second kappa shape index (κ2) is 8.48. The molecule has 1 heterocycles. The number of aryl methyl sites for hydroxylation is 1. The van der Waals surface area contributed by atoms with Crippen LogP contribution in [0.1, 0.15) is 30.5 Å². The Morgan fingerprint density at radius 1 is 1.23 bits per heavy atom. The van der Waals surface area contributed by atoms with Gasteiger partial charge in [0.05, 0.1) is 39.0 Å². The van der Waals surface area contributed by atoms with E-state index in [1.807, 2.05) is 20.2 Å². The van der Waals surface area contributed by atoms with Crippen LogP contribution in [0.4, 0.5) is 11.5 Å². The SMILES string of the molecule is CN(C)c1cc(N)c2c([nH+]1)CCC2.O=C(O)CC(O)(CC(=O)O)C(=O)[O-]. The van der Waals surface area contributed by atoms with Gasteiger partial charge in [0.25, 0.3) is 5.82 Å². The van der Waals surface area contributed by atoms with Gasteiger partial charge < -0.3 is 31.0 Å². The zero-order valence-corrected chi connectivity index (χ0v) is 14.6. The zero-order chi connectivity index (χ0) is 20.1. The number of carboxylic acids is 3. The predicted molar refractivity (Wildman–Crippen MR) is 88.2 cm³/mol. The number of aromatic nitrogens is 1. The minimum Gasteiger partial charge on any atom is -0.547 e. The third-order valence-electron chi connectivity index (χ3n) is 3.89. The van der Waals surface area contributed by atoms with E-state index in [1.54, 1.807) is 0 Å². The molecule has 144 valence electrons. The van der Waals surface area contributed by atoms with Crippen molar-refractivity contribution in [1.29, 1.82) is 0 Å². The fraction of sp³-hybridized carbons (Fsp3) is 0.500. The molecule has 10 nitrogen and oxygen atoms in total. The van der Waals surface area contributed by atoms with Crippen molar-refractivity contribution in [2.24, 2.45) is 0 Å². The molecule has 0 aromatic carbocycles. The van der Waals surface area contributed by atoms with Crippen LogP contribution in [-0.2, 0) is 27.2 Å². The molecule has 1 aromatic rings. The van der Waals surface area contributed by atoms with Crippen molar-refractivity contribution in [2.45, 2.75) is 37.7 Å². The zero-order valence-electron chi connectivity index (χ0n) is 14.6. The summed E-state index contributed by atoms with van der Waals surface area (Å²) in [5.74, 6) is -4.25. The van der Waals surface area contributed by atoms with Crippen molar-refractivity contribution < 1.29 is 39.8 Å². The highest BCUT2D eigenvalue weighted by atomic mass is 16.4. The van der Waals surface area contributed by atoms with Gasteiger partial charge in [0, 0.05) is 17.7 Å². The highest BCUT2D eigenvalue weighted by Crippen LogP contribution is 2.25. The third kappa shape index (κ3) is 5.59. The van der Waals surface area contributed by atoms with E-state index in [0.717, 1.165) is 24.3 Å². The summed E-state index contributed by atoms with van der Waals surface area (Å²) in [7, 11) is 4.04. The summed E-state index contributed by atoms with van der Waals surface area (Å²) in [6, 6.07) is 2.02. The first-order valence-corrected chi connectivity index (χ1v) is 7.84. The van der Waals surface area contributed by atoms with Gasteiger partial charge in [0.15, 0.2) is 0 Å². The number of carbonyl (C=O) groups excluding carboxylic acids is 1. The van der Waals surface area contributed by atoms with Crippen LogP contribution in [0.25, 0.3) is 0 Å². The molecule has 0 aliphatic heterocycles. The number of aliphatic hydroxyl groups is 1. The lowest BCUT2D eigenvalue weighted by atomic mass is 9.96. The van der Waals surface area contributed by atoms with Crippen LogP contribution in [0, 0.1) is 0 Å². The van der Waals surface area contributed by atoms with E-state index in [1.165, 1.54) is 17.7 Å². The molecular formula is C16H23N3O7. The third-order valence-corrected chi connectivity index (χ3v) is 3.89. The number of carbonyl (C=O) groups is 3. The molecule has 0 spiro atoms. The Morgan fingerprint density at radius 2 is 1.77 bits per heavy atom. The number of nitrogen functional groups attached to an aromatic ring is 1. The lowest BCUT2D eigenvalue weighted by Gasteiger charge is -2.25. The van der Waals surface area contributed by atoms with E-state index in [4.69, 9.17) is 21.1 Å². The van der Waals surface area contributed by atoms with Gasteiger partial charge in [-0.3, -0.25) is 14.5 Å². The Morgan fingerprint density at radius 3 is 2.19 bits per heavy atom. The summed E-state index contributed by atoms with van der Waals surface area (Å²) in [5, 5.41) is 35.5. The van der Waals surface area contributed by atoms with Crippen LogP contribution in [-0.4, -0.2) is 52.9 Å². The molecule has 0 amide bonds. The summed E-state index contributed by atoms with van der Waals surface area (Å²) < 4.78 is 0. The molecule has 0 saturated carbocycles. The molecule has 0 saturated heterocycles. The van der Waals surface area contributed by atoms with Crippen molar-refractivity contribution in [1.82, 2.24) is 0 Å². The van der Waals surface area contributed by atoms with Gasteiger partial charge in [-0.25, -0.2) is 4.98 Å². The summed E-state index contributed by atoms with van der Waals surface area (Å²) in [6.45, 7) is 0. The van der Waals surface area contributed by atoms with Crippen molar-refractivity contribution in [3.8, 4) is 0 Å². The number of rotatable bonds is 6. The first-order valence-electron chi connectivity index (χ1n) is 7.84. The minimum atomic E-state index is -2.85. The molecule has 10 heteroatoms. The topological polar surface area (TPSA) is 178 Å². The number of carboxylic acid groups (broad SMARTS) is 3. The second-order valence-electron chi connectivity index (χ2n) is 6.28. The van der Waals surface area contributed by atoms with Crippen LogP contribution in [0.15, 0.2) is 6.07 Å². The predicted octanol–water partition coefficient (Wildman–Crippen LogP) is -1.95. The summed E-state index contributed by atoms with van der Waals surface area (Å²) in [6.07, 6.45) is 1.09. The molecule has 6 N–H and O–H groups in total. The molecule has 2 rings (SSSR count). The van der Waals surface area contributed by atoms with Gasteiger partial charge >= 0.3 is 11.9 Å². The van der Waals surface area contributed by atoms with Crippen molar-refractivity contribution in [3.05, 3.63) is 17.3 Å². The van der Waals surface area contributed by atoms with Gasteiger partial charge in [-0.15, -0.1) is 0 Å². The fourth-order valence-electron chi connectivity index (χ4n) is 2.57. The van der Waals surface area contributed by atoms with Gasteiger partial charge in [-0.2, -0.15) is 0 Å². The quantitative estimate of drug-likeness (QED) is 0.443. The first-order chi connectivity index (χ1) is 12.0. The van der Waals surface area contributed by atoms with Crippen LogP contribution in [0.5, 0.6) is 0 Å². The van der Waals surface area contributed by atoms with Crippen molar-refractivity contribution >= 4 is 29.4 Å². The van der Waals surface area contributed by atoms with Crippen LogP contribution >= 0.6 is 0 Å². The molecule has 0 unspecified atom stereocenters. The van der Waals surface area contributed by atoms with E-state index < -0.39 is 36.4 Å². The summed E-state index contributed by atoms with van der Waals surface area (Å²) >= 11 is 0. The largest absolute Gasteiger partial charge is 0.547 e. The monoisotopic (exact) mass is 369 g/mol. The highest BCUT2D eigenvalue weighted by Gasteiger charge is 2.34. The average Bonchev–Trinajstić information content (AvgIpc) is 2.94. The Kier molecular flexibility index (Phi) is 6.90. The van der Waals surface area contributed by atoms with Gasteiger partial charge in [0.1, 0.15) is 11.3 Å². The molecule has 0 radical (unpaired) electrons. The number of nitrogens with zero attached hydrogens (tertiary/aromatic N) is 1. The number of pyridine rings is 1. The number of aliphatic carboxylic acids is 3. The van der Waals surface area contributed by atoms with Crippen LogP contribution in [0.3, 0.4) is 0 Å². The van der Waals surface area contributed by atoms with Crippen molar-refractivity contribution in [3.63, 3.8) is 0 Å². The minimum absolute atomic E-state index is 0.940. The van der Waals surface area contributed by atoms with E-state index in [-0.39, 0.29) is 0 Å². The molecule has 1 aliphatic rings. The summed E-state index contributed by atoms with van der Waals surface area (Å²) in [4.78, 5) is 35.8. The fourth-order valence-corrected chi connectivity index (χ4v) is 2.57. The Balaban J connectivity index is 0.000000260. The second-order valence-corrected chi connectivity index (χ2v) is 6.28. The number of H-pyrrole nitrogens is 1. The van der Waals surface area contributed by atoms with Gasteiger partial charge in [-0.1, -0.05) is 0 Å². The normalized spacial score (nSPS) is 12.6. The standard InChI is InChI=1S/C10H15N3.C6H8O7/c1-13(2)10-6-8(11)7-4-3-5-9(7)12-10;7-3(8)1-6(13,5(11)12)2-4(9)10/h6H,3-5H2,1-2H3,(H2,11,12);13H,1-2H2,(H,7,8)(H,9,10)(H,11,12). The average molecular weight is 369 g/mol. The Hall–Kier alpha value is -2.88. The smallest absolute Gasteiger partial charge is 0.306 e. The number of aromatic amines is 1. The Bertz CT molecular complexity index is 687. The number of hydrogen-bond donors (Lipinski definition) is 4. The number of fused-ring (bicyclic) bond motifs is 1. The Labute approximate surface area is 149 Å². The number of nitrogens with two attached hydrogens (primary N) is 1. The maximum atomic E-state index is 10.2. The molecule has 0 atom stereocenters. The van der Waals surface area contributed by atoms with Crippen LogP contribution < -0.4 is 20.7 Å². The number of nitrogens with one attached hydrogen (secondary N) is 1. The maximum Gasteiger partial charge on any atom is 0.306 e. The lowest BCUT2D eigenvalue weighted by molar-refractivity contribution is -0.375.